The molecule has 10 nitrogen and oxygen atoms in total. The number of sulfone groups is 1. The van der Waals surface area contributed by atoms with Crippen LogP contribution in [0.2, 0.25) is 0 Å². The second kappa shape index (κ2) is 8.24. The molecule has 1 aliphatic heterocycles. The summed E-state index contributed by atoms with van der Waals surface area (Å²) in [5, 5.41) is 5.01. The molecule has 0 spiro atoms. The third-order valence-electron chi connectivity index (χ3n) is 3.98. The Kier molecular flexibility index (Phi) is 5.89. The van der Waals surface area contributed by atoms with Crippen molar-refractivity contribution in [3.05, 3.63) is 48.0 Å². The van der Waals surface area contributed by atoms with Crippen molar-refractivity contribution in [1.29, 1.82) is 0 Å². The van der Waals surface area contributed by atoms with Crippen molar-refractivity contribution in [2.75, 3.05) is 23.0 Å². The maximum absolute atomic E-state index is 12.6. The Morgan fingerprint density at radius 2 is 1.93 bits per heavy atom. The lowest BCUT2D eigenvalue weighted by Crippen LogP contribution is -2.23. The van der Waals surface area contributed by atoms with Gasteiger partial charge in [-0.2, -0.15) is 8.42 Å². The van der Waals surface area contributed by atoms with Gasteiger partial charge in [-0.15, -0.1) is 4.40 Å². The Morgan fingerprint density at radius 3 is 2.67 bits per heavy atom. The van der Waals surface area contributed by atoms with Gasteiger partial charge in [0, 0.05) is 5.69 Å². The molecule has 2 aromatic carbocycles. The number of carbonyl (C=O) groups is 2. The summed E-state index contributed by atoms with van der Waals surface area (Å²) in [6.45, 7) is 1.84. The average molecular weight is 451 g/mol. The summed E-state index contributed by atoms with van der Waals surface area (Å²) >= 11 is 0. The van der Waals surface area contributed by atoms with E-state index in [4.69, 9.17) is 4.74 Å². The monoisotopic (exact) mass is 451 g/mol. The second-order valence-corrected chi connectivity index (χ2v) is 9.71. The molecule has 2 N–H and O–H groups in total. The number of fused-ring (bicyclic) bond motifs is 1. The lowest BCUT2D eigenvalue weighted by molar-refractivity contribution is -0.113. The van der Waals surface area contributed by atoms with E-state index in [1.807, 2.05) is 0 Å². The van der Waals surface area contributed by atoms with Gasteiger partial charge in [-0.05, 0) is 43.3 Å². The normalized spacial score (nSPS) is 14.3. The fraction of sp³-hybridized carbons (Fsp3) is 0.167. The van der Waals surface area contributed by atoms with Crippen LogP contribution >= 0.6 is 0 Å². The van der Waals surface area contributed by atoms with E-state index >= 15 is 0 Å². The quantitative estimate of drug-likeness (QED) is 0.627. The molecule has 3 rings (SSSR count). The number of amides is 1. The molecular formula is C18H17N3O7S2. The number of ether oxygens (including phenoxy) is 1. The lowest BCUT2D eigenvalue weighted by Gasteiger charge is -2.13. The van der Waals surface area contributed by atoms with Crippen LogP contribution in [0.1, 0.15) is 17.3 Å². The fourth-order valence-electron chi connectivity index (χ4n) is 2.64. The van der Waals surface area contributed by atoms with Crippen molar-refractivity contribution in [3.8, 4) is 0 Å². The van der Waals surface area contributed by atoms with Crippen molar-refractivity contribution in [3.63, 3.8) is 0 Å². The molecule has 30 heavy (non-hydrogen) atoms. The SMILES string of the molecule is CCOC(=O)c1cccc(NC(=O)CS(=O)(=O)c2ccc3c(c2)S(=O)(=O)N=CN3)c1. The van der Waals surface area contributed by atoms with Gasteiger partial charge in [0.2, 0.25) is 5.91 Å². The van der Waals surface area contributed by atoms with Crippen LogP contribution in [0.4, 0.5) is 11.4 Å². The predicted molar refractivity (Wildman–Crippen MR) is 109 cm³/mol. The maximum Gasteiger partial charge on any atom is 0.338 e. The number of nitrogens with zero attached hydrogens (tertiary/aromatic N) is 1. The number of anilines is 2. The molecule has 2 aromatic rings. The van der Waals surface area contributed by atoms with Crippen LogP contribution in [0.15, 0.2) is 56.7 Å². The number of sulfonamides is 1. The Morgan fingerprint density at radius 1 is 1.17 bits per heavy atom. The van der Waals surface area contributed by atoms with Gasteiger partial charge in [-0.1, -0.05) is 6.07 Å². The van der Waals surface area contributed by atoms with E-state index in [1.54, 1.807) is 6.92 Å². The van der Waals surface area contributed by atoms with Crippen LogP contribution in [0.3, 0.4) is 0 Å². The summed E-state index contributed by atoms with van der Waals surface area (Å²) in [6, 6.07) is 9.29. The smallest absolute Gasteiger partial charge is 0.338 e. The summed E-state index contributed by atoms with van der Waals surface area (Å²) in [7, 11) is -8.17. The van der Waals surface area contributed by atoms with Gasteiger partial charge < -0.3 is 15.4 Å². The first-order valence-corrected chi connectivity index (χ1v) is 11.7. The van der Waals surface area contributed by atoms with E-state index in [0.29, 0.717) is 0 Å². The van der Waals surface area contributed by atoms with Gasteiger partial charge in [-0.3, -0.25) is 4.79 Å². The van der Waals surface area contributed by atoms with Crippen molar-refractivity contribution in [1.82, 2.24) is 0 Å². The Hall–Kier alpha value is -3.25. The zero-order valence-electron chi connectivity index (χ0n) is 15.7. The minimum Gasteiger partial charge on any atom is -0.462 e. The van der Waals surface area contributed by atoms with Crippen LogP contribution in [-0.2, 0) is 29.4 Å². The molecule has 1 amide bonds. The Balaban J connectivity index is 1.78. The highest BCUT2D eigenvalue weighted by Gasteiger charge is 2.26. The summed E-state index contributed by atoms with van der Waals surface area (Å²) in [6.07, 6.45) is 0.990. The van der Waals surface area contributed by atoms with Crippen molar-refractivity contribution >= 4 is 49.5 Å². The molecular weight excluding hydrogens is 434 g/mol. The van der Waals surface area contributed by atoms with Gasteiger partial charge in [0.1, 0.15) is 17.0 Å². The van der Waals surface area contributed by atoms with E-state index in [9.17, 15) is 26.4 Å². The largest absolute Gasteiger partial charge is 0.462 e. The van der Waals surface area contributed by atoms with E-state index in [-0.39, 0.29) is 33.3 Å². The van der Waals surface area contributed by atoms with E-state index in [1.165, 1.54) is 36.4 Å². The Bertz CT molecular complexity index is 1250. The summed E-state index contributed by atoms with van der Waals surface area (Å²) in [5.74, 6) is -2.35. The van der Waals surface area contributed by atoms with Crippen LogP contribution in [0.5, 0.6) is 0 Å². The number of esters is 1. The summed E-state index contributed by atoms with van der Waals surface area (Å²) < 4.78 is 57.4. The topological polar surface area (TPSA) is 148 Å². The summed E-state index contributed by atoms with van der Waals surface area (Å²) in [5.41, 5.74) is 0.599. The van der Waals surface area contributed by atoms with E-state index in [2.05, 4.69) is 15.0 Å². The van der Waals surface area contributed by atoms with Gasteiger partial charge in [0.05, 0.1) is 22.8 Å². The van der Waals surface area contributed by atoms with Crippen LogP contribution in [-0.4, -0.2) is 47.4 Å². The molecule has 0 bridgehead atoms. The van der Waals surface area contributed by atoms with Crippen LogP contribution in [0.25, 0.3) is 0 Å². The highest BCUT2D eigenvalue weighted by Crippen LogP contribution is 2.28. The molecule has 0 atom stereocenters. The lowest BCUT2D eigenvalue weighted by atomic mass is 10.2. The minimum atomic E-state index is -4.15. The summed E-state index contributed by atoms with van der Waals surface area (Å²) in [4.78, 5) is 23.4. The van der Waals surface area contributed by atoms with Crippen LogP contribution in [0, 0.1) is 0 Å². The van der Waals surface area contributed by atoms with Gasteiger partial charge in [0.25, 0.3) is 10.0 Å². The molecule has 1 aliphatic rings. The van der Waals surface area contributed by atoms with Crippen molar-refractivity contribution in [2.45, 2.75) is 16.7 Å². The number of carbonyl (C=O) groups excluding carboxylic acids is 2. The second-order valence-electron chi connectivity index (χ2n) is 6.12. The van der Waals surface area contributed by atoms with E-state index < -0.39 is 37.5 Å². The highest BCUT2D eigenvalue weighted by atomic mass is 32.2. The maximum atomic E-state index is 12.6. The molecule has 0 unspecified atom stereocenters. The molecule has 0 saturated carbocycles. The third kappa shape index (κ3) is 4.66. The standard InChI is InChI=1S/C18H17N3O7S2/c1-2-28-18(23)12-4-3-5-13(8-12)21-17(22)10-29(24,25)14-6-7-15-16(9-14)30(26,27)20-11-19-15/h3-9,11H,2,10H2,1H3,(H,19,20)(H,21,22). The first-order chi connectivity index (χ1) is 14.1. The number of benzene rings is 2. The number of rotatable bonds is 6. The number of hydrogen-bond donors (Lipinski definition) is 2. The number of hydrogen-bond acceptors (Lipinski definition) is 8. The molecule has 0 aliphatic carbocycles. The molecule has 0 radical (unpaired) electrons. The van der Waals surface area contributed by atoms with Gasteiger partial charge in [-0.25, -0.2) is 13.2 Å². The first-order valence-electron chi connectivity index (χ1n) is 8.61. The molecule has 12 heteroatoms. The van der Waals surface area contributed by atoms with Crippen LogP contribution < -0.4 is 10.6 Å². The van der Waals surface area contributed by atoms with Crippen molar-refractivity contribution < 1.29 is 31.2 Å². The zero-order valence-corrected chi connectivity index (χ0v) is 17.3. The third-order valence-corrected chi connectivity index (χ3v) is 6.87. The fourth-order valence-corrected chi connectivity index (χ4v) is 4.86. The Labute approximate surface area is 172 Å². The zero-order chi connectivity index (χ0) is 21.9. The van der Waals surface area contributed by atoms with E-state index in [0.717, 1.165) is 12.4 Å². The minimum absolute atomic E-state index is 0.184. The molecule has 1 heterocycles. The predicted octanol–water partition coefficient (Wildman–Crippen LogP) is 1.42. The first kappa shape index (κ1) is 21.5. The number of nitrogens with one attached hydrogen (secondary N) is 2. The average Bonchev–Trinajstić information content (AvgIpc) is 2.67. The van der Waals surface area contributed by atoms with Crippen molar-refractivity contribution in [2.24, 2.45) is 4.40 Å². The molecule has 158 valence electrons. The molecule has 0 fully saturated rings. The van der Waals surface area contributed by atoms with Gasteiger partial charge in [0.15, 0.2) is 9.84 Å². The molecule has 0 aromatic heterocycles. The highest BCUT2D eigenvalue weighted by molar-refractivity contribution is 7.92. The van der Waals surface area contributed by atoms with Gasteiger partial charge >= 0.3 is 5.97 Å². The molecule has 0 saturated heterocycles.